The van der Waals surface area contributed by atoms with E-state index in [0.29, 0.717) is 12.0 Å². The summed E-state index contributed by atoms with van der Waals surface area (Å²) >= 11 is 0. The molecule has 0 heterocycles. The van der Waals surface area contributed by atoms with Gasteiger partial charge in [-0.1, -0.05) is 12.1 Å². The third-order valence-corrected chi connectivity index (χ3v) is 3.35. The Morgan fingerprint density at radius 2 is 2.06 bits per heavy atom. The van der Waals surface area contributed by atoms with E-state index in [-0.39, 0.29) is 5.78 Å². The molecule has 0 N–H and O–H groups in total. The average Bonchev–Trinajstić information content (AvgIpc) is 2.61. The van der Waals surface area contributed by atoms with Gasteiger partial charge in [0.15, 0.2) is 5.78 Å². The molecule has 1 aliphatic carbocycles. The van der Waals surface area contributed by atoms with Gasteiger partial charge in [0.2, 0.25) is 0 Å². The van der Waals surface area contributed by atoms with Crippen LogP contribution in [0.15, 0.2) is 12.1 Å². The first kappa shape index (κ1) is 10.9. The van der Waals surface area contributed by atoms with E-state index in [1.165, 1.54) is 7.11 Å². The molecule has 0 amide bonds. The second-order valence-corrected chi connectivity index (χ2v) is 4.18. The molecule has 0 aromatic heterocycles. The highest BCUT2D eigenvalue weighted by atomic mass is 16.5. The fourth-order valence-electron chi connectivity index (χ4n) is 2.18. The van der Waals surface area contributed by atoms with E-state index in [0.717, 1.165) is 16.7 Å². The molecule has 0 spiro atoms. The van der Waals surface area contributed by atoms with Crippen LogP contribution in [0.3, 0.4) is 0 Å². The first-order valence-electron chi connectivity index (χ1n) is 5.27. The number of methoxy groups -OCH3 is 1. The van der Waals surface area contributed by atoms with Crippen LogP contribution < -0.4 is 0 Å². The highest BCUT2D eigenvalue weighted by molar-refractivity contribution is 6.12. The van der Waals surface area contributed by atoms with Gasteiger partial charge in [0, 0.05) is 5.56 Å². The summed E-state index contributed by atoms with van der Waals surface area (Å²) < 4.78 is 4.65. The third kappa shape index (κ3) is 1.43. The zero-order chi connectivity index (χ0) is 11.9. The lowest BCUT2D eigenvalue weighted by Gasteiger charge is -2.05. The summed E-state index contributed by atoms with van der Waals surface area (Å²) in [5.41, 5.74) is 3.94. The molecule has 0 radical (unpaired) electrons. The van der Waals surface area contributed by atoms with Crippen LogP contribution in [0, 0.1) is 19.8 Å². The minimum atomic E-state index is -0.638. The van der Waals surface area contributed by atoms with Crippen molar-refractivity contribution >= 4 is 11.8 Å². The van der Waals surface area contributed by atoms with Gasteiger partial charge < -0.3 is 4.74 Å². The molecule has 16 heavy (non-hydrogen) atoms. The van der Waals surface area contributed by atoms with E-state index in [1.807, 2.05) is 26.0 Å². The Bertz CT molecular complexity index is 474. The monoisotopic (exact) mass is 218 g/mol. The first-order valence-corrected chi connectivity index (χ1v) is 5.27. The van der Waals surface area contributed by atoms with Crippen molar-refractivity contribution in [1.29, 1.82) is 0 Å². The lowest BCUT2D eigenvalue weighted by Crippen LogP contribution is -2.21. The number of benzene rings is 1. The number of fused-ring (bicyclic) bond motifs is 1. The Kier molecular flexibility index (Phi) is 2.54. The first-order chi connectivity index (χ1) is 7.56. The average molecular weight is 218 g/mol. The predicted molar refractivity (Wildman–Crippen MR) is 59.5 cm³/mol. The van der Waals surface area contributed by atoms with Crippen molar-refractivity contribution in [2.45, 2.75) is 20.3 Å². The quantitative estimate of drug-likeness (QED) is 0.533. The van der Waals surface area contributed by atoms with Crippen molar-refractivity contribution in [3.05, 3.63) is 34.4 Å². The molecule has 2 rings (SSSR count). The number of esters is 1. The molecule has 1 atom stereocenters. The van der Waals surface area contributed by atoms with Crippen molar-refractivity contribution in [3.63, 3.8) is 0 Å². The Morgan fingerprint density at radius 1 is 1.38 bits per heavy atom. The third-order valence-electron chi connectivity index (χ3n) is 3.35. The fraction of sp³-hybridized carbons (Fsp3) is 0.385. The number of hydrogen-bond acceptors (Lipinski definition) is 3. The summed E-state index contributed by atoms with van der Waals surface area (Å²) in [6.45, 7) is 3.99. The maximum atomic E-state index is 12.0. The van der Waals surface area contributed by atoms with Crippen LogP contribution in [0.1, 0.15) is 27.0 Å². The maximum Gasteiger partial charge on any atom is 0.316 e. The van der Waals surface area contributed by atoms with Gasteiger partial charge in [-0.25, -0.2) is 0 Å². The van der Waals surface area contributed by atoms with Gasteiger partial charge in [-0.15, -0.1) is 0 Å². The molecular weight excluding hydrogens is 204 g/mol. The molecule has 0 aliphatic heterocycles. The minimum absolute atomic E-state index is 0.107. The van der Waals surface area contributed by atoms with Gasteiger partial charge >= 0.3 is 5.97 Å². The lowest BCUT2D eigenvalue weighted by atomic mass is 10.00. The summed E-state index contributed by atoms with van der Waals surface area (Å²) in [5.74, 6) is -1.18. The van der Waals surface area contributed by atoms with Gasteiger partial charge in [0.05, 0.1) is 7.11 Å². The number of rotatable bonds is 1. The van der Waals surface area contributed by atoms with Gasteiger partial charge in [0.25, 0.3) is 0 Å². The van der Waals surface area contributed by atoms with Crippen LogP contribution in [0.25, 0.3) is 0 Å². The molecule has 1 aromatic rings. The molecule has 0 saturated carbocycles. The van der Waals surface area contributed by atoms with Crippen LogP contribution in [0.4, 0.5) is 0 Å². The SMILES string of the molecule is COC(=O)[C@@H]1Cc2c(ccc(C)c2C)C1=O. The zero-order valence-corrected chi connectivity index (χ0v) is 9.66. The summed E-state index contributed by atoms with van der Waals surface area (Å²) in [6.07, 6.45) is 0.481. The standard InChI is InChI=1S/C13H14O3/c1-7-4-5-9-10(8(7)2)6-11(12(9)14)13(15)16-3/h4-5,11H,6H2,1-3H3/t11-/m1/s1. The molecule has 0 bridgehead atoms. The lowest BCUT2D eigenvalue weighted by molar-refractivity contribution is -0.143. The zero-order valence-electron chi connectivity index (χ0n) is 9.66. The van der Waals surface area contributed by atoms with E-state index in [1.54, 1.807) is 0 Å². The van der Waals surface area contributed by atoms with Gasteiger partial charge in [-0.3, -0.25) is 9.59 Å². The summed E-state index contributed by atoms with van der Waals surface area (Å²) in [4.78, 5) is 23.4. The number of carbonyl (C=O) groups excluding carboxylic acids is 2. The van der Waals surface area contributed by atoms with Crippen molar-refractivity contribution in [2.75, 3.05) is 7.11 Å². The molecule has 0 saturated heterocycles. The second kappa shape index (κ2) is 3.74. The largest absolute Gasteiger partial charge is 0.468 e. The van der Waals surface area contributed by atoms with Crippen LogP contribution >= 0.6 is 0 Å². The van der Waals surface area contributed by atoms with E-state index in [9.17, 15) is 9.59 Å². The Hall–Kier alpha value is -1.64. The number of ether oxygens (including phenoxy) is 1. The molecule has 0 unspecified atom stereocenters. The fourth-order valence-corrected chi connectivity index (χ4v) is 2.18. The molecule has 1 aliphatic rings. The van der Waals surface area contributed by atoms with Crippen LogP contribution in [-0.4, -0.2) is 18.9 Å². The molecule has 84 valence electrons. The number of ketones is 1. The van der Waals surface area contributed by atoms with Crippen molar-refractivity contribution < 1.29 is 14.3 Å². The molecular formula is C13H14O3. The molecule has 0 fully saturated rings. The summed E-state index contributed by atoms with van der Waals surface area (Å²) in [7, 11) is 1.32. The normalized spacial score (nSPS) is 18.4. The number of carbonyl (C=O) groups is 2. The smallest absolute Gasteiger partial charge is 0.316 e. The van der Waals surface area contributed by atoms with Crippen molar-refractivity contribution in [3.8, 4) is 0 Å². The Labute approximate surface area is 94.4 Å². The molecule has 3 nitrogen and oxygen atoms in total. The number of Topliss-reactive ketones (excluding diaryl/α,β-unsaturated/α-hetero) is 1. The van der Waals surface area contributed by atoms with E-state index in [4.69, 9.17) is 0 Å². The van der Waals surface area contributed by atoms with E-state index in [2.05, 4.69) is 4.74 Å². The van der Waals surface area contributed by atoms with Gasteiger partial charge in [0.1, 0.15) is 5.92 Å². The predicted octanol–water partition coefficient (Wildman–Crippen LogP) is 1.83. The van der Waals surface area contributed by atoms with Crippen LogP contribution in [0.5, 0.6) is 0 Å². The Balaban J connectivity index is 2.46. The molecule has 3 heteroatoms. The summed E-state index contributed by atoms with van der Waals surface area (Å²) in [5, 5.41) is 0. The van der Waals surface area contributed by atoms with Crippen molar-refractivity contribution in [2.24, 2.45) is 5.92 Å². The topological polar surface area (TPSA) is 43.4 Å². The number of aryl methyl sites for hydroxylation is 1. The van der Waals surface area contributed by atoms with Crippen LogP contribution in [-0.2, 0) is 16.0 Å². The minimum Gasteiger partial charge on any atom is -0.468 e. The summed E-state index contributed by atoms with van der Waals surface area (Å²) in [6, 6.07) is 3.73. The van der Waals surface area contributed by atoms with Gasteiger partial charge in [-0.2, -0.15) is 0 Å². The highest BCUT2D eigenvalue weighted by Crippen LogP contribution is 2.31. The highest BCUT2D eigenvalue weighted by Gasteiger charge is 2.37. The number of hydrogen-bond donors (Lipinski definition) is 0. The van der Waals surface area contributed by atoms with E-state index < -0.39 is 11.9 Å². The maximum absolute atomic E-state index is 12.0. The van der Waals surface area contributed by atoms with Crippen molar-refractivity contribution in [1.82, 2.24) is 0 Å². The van der Waals surface area contributed by atoms with E-state index >= 15 is 0 Å². The van der Waals surface area contributed by atoms with Gasteiger partial charge in [-0.05, 0) is 37.0 Å². The van der Waals surface area contributed by atoms with Crippen LogP contribution in [0.2, 0.25) is 0 Å². The Morgan fingerprint density at radius 3 is 2.69 bits per heavy atom. The second-order valence-electron chi connectivity index (χ2n) is 4.18. The molecule has 1 aromatic carbocycles.